The highest BCUT2D eigenvalue weighted by molar-refractivity contribution is 5.91. The van der Waals surface area contributed by atoms with Gasteiger partial charge in [-0.1, -0.05) is 33.8 Å². The van der Waals surface area contributed by atoms with Crippen LogP contribution in [0.5, 0.6) is 34.5 Å². The first kappa shape index (κ1) is 31.8. The number of methoxy groups -OCH3 is 4. The summed E-state index contributed by atoms with van der Waals surface area (Å²) in [5.74, 6) is 0.438. The molecule has 2 aromatic rings. The minimum Gasteiger partial charge on any atom is -0.493 e. The van der Waals surface area contributed by atoms with Gasteiger partial charge in [0.1, 0.15) is 12.2 Å². The van der Waals surface area contributed by atoms with Crippen molar-refractivity contribution in [3.8, 4) is 45.6 Å². The van der Waals surface area contributed by atoms with E-state index in [2.05, 4.69) is 0 Å². The Bertz CT molecular complexity index is 1410. The van der Waals surface area contributed by atoms with Crippen molar-refractivity contribution < 1.29 is 47.5 Å². The molecule has 10 nitrogen and oxygen atoms in total. The van der Waals surface area contributed by atoms with Crippen molar-refractivity contribution in [2.45, 2.75) is 60.2 Å². The molecule has 0 saturated heterocycles. The minimum atomic E-state index is -0.811. The molecular formula is C33H42O10. The number of carbonyl (C=O) groups is 2. The molecule has 1 heterocycles. The van der Waals surface area contributed by atoms with Gasteiger partial charge < -0.3 is 37.9 Å². The average molecular weight is 599 g/mol. The lowest BCUT2D eigenvalue weighted by molar-refractivity contribution is -0.162. The fraction of sp³-hybridized carbons (Fsp3) is 0.515. The van der Waals surface area contributed by atoms with E-state index in [1.807, 2.05) is 33.8 Å². The summed E-state index contributed by atoms with van der Waals surface area (Å²) in [6.45, 7) is 11.2. The molecule has 0 aromatic heterocycles. The van der Waals surface area contributed by atoms with Gasteiger partial charge >= 0.3 is 11.9 Å². The van der Waals surface area contributed by atoms with Gasteiger partial charge in [0.2, 0.25) is 18.3 Å². The Balaban J connectivity index is 2.18. The first-order valence-corrected chi connectivity index (χ1v) is 14.5. The lowest BCUT2D eigenvalue weighted by Crippen LogP contribution is -2.32. The number of ether oxygens (including phenoxy) is 8. The van der Waals surface area contributed by atoms with Gasteiger partial charge in [0, 0.05) is 39.7 Å². The quantitative estimate of drug-likeness (QED) is 0.232. The van der Waals surface area contributed by atoms with Gasteiger partial charge in [0.15, 0.2) is 23.0 Å². The molecule has 2 aliphatic rings. The number of benzene rings is 2. The Kier molecular flexibility index (Phi) is 9.67. The molecule has 4 rings (SSSR count). The van der Waals surface area contributed by atoms with Crippen molar-refractivity contribution in [2.24, 2.45) is 17.8 Å². The van der Waals surface area contributed by atoms with E-state index in [0.717, 1.165) is 0 Å². The highest BCUT2D eigenvalue weighted by Crippen LogP contribution is 2.60. The molecule has 0 bridgehead atoms. The Hall–Kier alpha value is -4.08. The van der Waals surface area contributed by atoms with Crippen LogP contribution >= 0.6 is 0 Å². The summed E-state index contributed by atoms with van der Waals surface area (Å²) in [7, 11) is 6.09. The molecule has 0 spiro atoms. The van der Waals surface area contributed by atoms with Crippen LogP contribution in [0.25, 0.3) is 11.1 Å². The topological polar surface area (TPSA) is 108 Å². The Morgan fingerprint density at radius 1 is 0.884 bits per heavy atom. The van der Waals surface area contributed by atoms with Gasteiger partial charge in [0.25, 0.3) is 0 Å². The lowest BCUT2D eigenvalue weighted by Gasteiger charge is -2.39. The number of hydrogen-bond donors (Lipinski definition) is 0. The molecule has 0 amide bonds. The fourth-order valence-corrected chi connectivity index (χ4v) is 5.56. The van der Waals surface area contributed by atoms with Crippen molar-refractivity contribution in [1.82, 2.24) is 0 Å². The zero-order chi connectivity index (χ0) is 31.6. The van der Waals surface area contributed by atoms with Crippen LogP contribution in [0.15, 0.2) is 23.8 Å². The number of carbonyl (C=O) groups excluding carboxylic acids is 2. The molecular weight excluding hydrogens is 556 g/mol. The summed E-state index contributed by atoms with van der Waals surface area (Å²) in [4.78, 5) is 26.7. The van der Waals surface area contributed by atoms with Gasteiger partial charge in [-0.25, -0.2) is 4.79 Å². The third-order valence-electron chi connectivity index (χ3n) is 8.61. The maximum Gasteiger partial charge on any atom is 0.333 e. The number of rotatable bonds is 9. The predicted octanol–water partition coefficient (Wildman–Crippen LogP) is 6.58. The van der Waals surface area contributed by atoms with E-state index < -0.39 is 18.2 Å². The van der Waals surface area contributed by atoms with Crippen LogP contribution in [0, 0.1) is 17.8 Å². The fourth-order valence-electron chi connectivity index (χ4n) is 5.56. The summed E-state index contributed by atoms with van der Waals surface area (Å²) in [5.41, 5.74) is 2.78. The second kappa shape index (κ2) is 13.1. The maximum absolute atomic E-state index is 13.4. The van der Waals surface area contributed by atoms with Gasteiger partial charge in [-0.3, -0.25) is 4.79 Å². The SMILES string of the molecule is C/C=C(/C)C(=O)O[C@H]1c2cc(OC)c(OC)c(OC)c2-c2c(cc3c(c2OC)OCO3)[C@H](OC(=O)[C@H](C)CC)[C@H](C)[C@@H]1C. The van der Waals surface area contributed by atoms with Gasteiger partial charge in [0.05, 0.1) is 34.4 Å². The third kappa shape index (κ3) is 5.55. The van der Waals surface area contributed by atoms with Crippen molar-refractivity contribution >= 4 is 11.9 Å². The third-order valence-corrected chi connectivity index (χ3v) is 8.61. The molecule has 5 atom stereocenters. The second-order valence-electron chi connectivity index (χ2n) is 10.9. The molecule has 0 N–H and O–H groups in total. The van der Waals surface area contributed by atoms with Crippen molar-refractivity contribution in [3.63, 3.8) is 0 Å². The summed E-state index contributed by atoms with van der Waals surface area (Å²) in [6.07, 6.45) is 0.730. The summed E-state index contributed by atoms with van der Waals surface area (Å²) >= 11 is 0. The van der Waals surface area contributed by atoms with E-state index in [-0.39, 0.29) is 30.5 Å². The van der Waals surface area contributed by atoms with Crippen LogP contribution in [-0.2, 0) is 19.1 Å². The zero-order valence-corrected chi connectivity index (χ0v) is 26.6. The smallest absolute Gasteiger partial charge is 0.333 e. The first-order chi connectivity index (χ1) is 20.6. The van der Waals surface area contributed by atoms with Crippen LogP contribution in [0.4, 0.5) is 0 Å². The highest BCUT2D eigenvalue weighted by atomic mass is 16.7. The molecule has 2 aromatic carbocycles. The van der Waals surface area contributed by atoms with Crippen LogP contribution in [0.3, 0.4) is 0 Å². The second-order valence-corrected chi connectivity index (χ2v) is 10.9. The van der Waals surface area contributed by atoms with Crippen LogP contribution in [0.2, 0.25) is 0 Å². The van der Waals surface area contributed by atoms with E-state index >= 15 is 0 Å². The number of fused-ring (bicyclic) bond motifs is 4. The summed E-state index contributed by atoms with van der Waals surface area (Å²) in [6, 6.07) is 3.62. The van der Waals surface area contributed by atoms with Crippen molar-refractivity contribution in [2.75, 3.05) is 35.2 Å². The van der Waals surface area contributed by atoms with Crippen molar-refractivity contribution in [3.05, 3.63) is 34.9 Å². The molecule has 0 radical (unpaired) electrons. The van der Waals surface area contributed by atoms with Gasteiger partial charge in [-0.05, 0) is 32.4 Å². The molecule has 1 aliphatic carbocycles. The summed E-state index contributed by atoms with van der Waals surface area (Å²) < 4.78 is 47.8. The summed E-state index contributed by atoms with van der Waals surface area (Å²) in [5, 5.41) is 0. The molecule has 0 saturated carbocycles. The Morgan fingerprint density at radius 2 is 1.47 bits per heavy atom. The largest absolute Gasteiger partial charge is 0.493 e. The molecule has 0 unspecified atom stereocenters. The molecule has 10 heteroatoms. The van der Waals surface area contributed by atoms with E-state index in [1.54, 1.807) is 26.0 Å². The standard InChI is InChI=1S/C33H42O10/c1-11-16(3)32(34)42-26-18(5)19(6)27(43-33(35)17(4)12-2)21-14-23-29(41-15-40-23)31(39-10)25(21)24-20(26)13-22(36-7)28(37-8)30(24)38-9/h11,13-14,17-19,26-27H,12,15H2,1-10H3/b16-11-/t17-,18+,19-,26-,27-/m1/s1. The lowest BCUT2D eigenvalue weighted by atomic mass is 9.74. The van der Waals surface area contributed by atoms with E-state index in [0.29, 0.717) is 68.7 Å². The Morgan fingerprint density at radius 3 is 2.02 bits per heavy atom. The van der Waals surface area contributed by atoms with Crippen molar-refractivity contribution in [1.29, 1.82) is 0 Å². The monoisotopic (exact) mass is 598 g/mol. The first-order valence-electron chi connectivity index (χ1n) is 14.5. The number of esters is 2. The van der Waals surface area contributed by atoms with Crippen LogP contribution < -0.4 is 28.4 Å². The normalized spacial score (nSPS) is 21.4. The zero-order valence-electron chi connectivity index (χ0n) is 26.6. The highest BCUT2D eigenvalue weighted by Gasteiger charge is 2.45. The average Bonchev–Trinajstić information content (AvgIpc) is 3.50. The van der Waals surface area contributed by atoms with Gasteiger partial charge in [-0.2, -0.15) is 0 Å². The minimum absolute atomic E-state index is 0.00331. The molecule has 234 valence electrons. The Labute approximate surface area is 253 Å². The molecule has 43 heavy (non-hydrogen) atoms. The van der Waals surface area contributed by atoms with E-state index in [1.165, 1.54) is 28.4 Å². The van der Waals surface area contributed by atoms with E-state index in [4.69, 9.17) is 37.9 Å². The molecule has 0 fully saturated rings. The predicted molar refractivity (Wildman–Crippen MR) is 159 cm³/mol. The van der Waals surface area contributed by atoms with Crippen LogP contribution in [-0.4, -0.2) is 47.2 Å². The molecule has 1 aliphatic heterocycles. The number of hydrogen-bond acceptors (Lipinski definition) is 10. The number of allylic oxidation sites excluding steroid dienone is 1. The van der Waals surface area contributed by atoms with E-state index in [9.17, 15) is 9.59 Å². The van der Waals surface area contributed by atoms with Crippen LogP contribution in [0.1, 0.15) is 71.3 Å². The maximum atomic E-state index is 13.4. The van der Waals surface area contributed by atoms with Gasteiger partial charge in [-0.15, -0.1) is 0 Å².